The maximum Gasteiger partial charge on any atom is 0.191 e. The van der Waals surface area contributed by atoms with Crippen molar-refractivity contribution in [3.8, 4) is 11.5 Å². The molecule has 1 aromatic carbocycles. The molecule has 0 radical (unpaired) electrons. The lowest BCUT2D eigenvalue weighted by Crippen LogP contribution is -2.42. The van der Waals surface area contributed by atoms with E-state index in [0.29, 0.717) is 29.1 Å². The van der Waals surface area contributed by atoms with E-state index in [9.17, 15) is 5.11 Å². The van der Waals surface area contributed by atoms with Gasteiger partial charge in [0.15, 0.2) is 5.96 Å². The molecule has 0 saturated carbocycles. The smallest absolute Gasteiger partial charge is 0.191 e. The van der Waals surface area contributed by atoms with Gasteiger partial charge in [-0.2, -0.15) is 0 Å². The van der Waals surface area contributed by atoms with Gasteiger partial charge in [0.05, 0.1) is 20.8 Å². The number of hydrogen-bond acceptors (Lipinski definition) is 4. The summed E-state index contributed by atoms with van der Waals surface area (Å²) in [6.45, 7) is 3.02. The minimum Gasteiger partial charge on any atom is -0.497 e. The van der Waals surface area contributed by atoms with Crippen LogP contribution in [0, 0.1) is 0 Å². The molecule has 3 N–H and O–H groups in total. The van der Waals surface area contributed by atoms with Gasteiger partial charge in [-0.25, -0.2) is 0 Å². The summed E-state index contributed by atoms with van der Waals surface area (Å²) in [5, 5.41) is 17.1. The van der Waals surface area contributed by atoms with Gasteiger partial charge >= 0.3 is 0 Å². The van der Waals surface area contributed by atoms with Crippen molar-refractivity contribution in [1.82, 2.24) is 10.6 Å². The van der Waals surface area contributed by atoms with Crippen LogP contribution in [0.5, 0.6) is 11.5 Å². The average molecular weight is 461 g/mol. The average Bonchev–Trinajstić information content (AvgIpc) is 3.12. The molecule has 1 aromatic rings. The second-order valence-electron chi connectivity index (χ2n) is 5.63. The highest BCUT2D eigenvalue weighted by Crippen LogP contribution is 2.29. The van der Waals surface area contributed by atoms with Gasteiger partial charge in [0.2, 0.25) is 0 Å². The van der Waals surface area contributed by atoms with Crippen molar-refractivity contribution in [2.24, 2.45) is 4.99 Å². The topological polar surface area (TPSA) is 75.1 Å². The highest BCUT2D eigenvalue weighted by molar-refractivity contribution is 14.0. The first-order valence-electron chi connectivity index (χ1n) is 8.27. The molecule has 0 fully saturated rings. The maximum atomic E-state index is 10.5. The van der Waals surface area contributed by atoms with Gasteiger partial charge in [-0.3, -0.25) is 4.99 Å². The predicted molar refractivity (Wildman–Crippen MR) is 111 cm³/mol. The first-order chi connectivity index (χ1) is 11.7. The summed E-state index contributed by atoms with van der Waals surface area (Å²) in [6, 6.07) is 5.73. The molecule has 0 saturated heterocycles. The van der Waals surface area contributed by atoms with E-state index in [0.717, 1.165) is 19.4 Å². The molecule has 0 bridgehead atoms. The molecule has 2 rings (SSSR count). The van der Waals surface area contributed by atoms with Gasteiger partial charge < -0.3 is 25.2 Å². The van der Waals surface area contributed by atoms with E-state index in [-0.39, 0.29) is 30.5 Å². The first-order valence-corrected chi connectivity index (χ1v) is 8.27. The number of aliphatic hydroxyl groups excluding tert-OH is 1. The zero-order valence-corrected chi connectivity index (χ0v) is 17.3. The van der Waals surface area contributed by atoms with Gasteiger partial charge in [0.1, 0.15) is 17.6 Å². The maximum absolute atomic E-state index is 10.5. The number of nitrogens with one attached hydrogen (secondary N) is 2. The van der Waals surface area contributed by atoms with E-state index >= 15 is 0 Å². The SMILES string of the molecule is CCNC(=NCC(O)c1cc(OC)ccc1OC)NC1CC=CC1.I. The van der Waals surface area contributed by atoms with Crippen LogP contribution in [0.25, 0.3) is 0 Å². The number of aliphatic hydroxyl groups is 1. The van der Waals surface area contributed by atoms with Crippen molar-refractivity contribution < 1.29 is 14.6 Å². The first kappa shape index (κ1) is 21.6. The Morgan fingerprint density at radius 2 is 2.00 bits per heavy atom. The molecule has 25 heavy (non-hydrogen) atoms. The molecule has 6 nitrogen and oxygen atoms in total. The molecule has 1 atom stereocenters. The van der Waals surface area contributed by atoms with Crippen LogP contribution >= 0.6 is 24.0 Å². The lowest BCUT2D eigenvalue weighted by Gasteiger charge is -2.18. The Labute approximate surface area is 166 Å². The largest absolute Gasteiger partial charge is 0.497 e. The van der Waals surface area contributed by atoms with Crippen LogP contribution in [0.15, 0.2) is 35.3 Å². The molecule has 7 heteroatoms. The van der Waals surface area contributed by atoms with Crippen molar-refractivity contribution in [3.63, 3.8) is 0 Å². The summed E-state index contributed by atoms with van der Waals surface area (Å²) in [7, 11) is 3.18. The Balaban J connectivity index is 0.00000312. The molecule has 0 heterocycles. The Morgan fingerprint density at radius 3 is 2.60 bits per heavy atom. The summed E-state index contributed by atoms with van der Waals surface area (Å²) in [5.74, 6) is 2.01. The monoisotopic (exact) mass is 461 g/mol. The van der Waals surface area contributed by atoms with Gasteiger partial charge in [-0.05, 0) is 38.0 Å². The Bertz CT molecular complexity index is 585. The van der Waals surface area contributed by atoms with E-state index in [4.69, 9.17) is 9.47 Å². The summed E-state index contributed by atoms with van der Waals surface area (Å²) in [5.41, 5.74) is 0.666. The fourth-order valence-corrected chi connectivity index (χ4v) is 2.62. The zero-order valence-electron chi connectivity index (χ0n) is 15.0. The third kappa shape index (κ3) is 6.39. The van der Waals surface area contributed by atoms with Gasteiger partial charge in [-0.15, -0.1) is 24.0 Å². The number of nitrogens with zero attached hydrogens (tertiary/aromatic N) is 1. The fraction of sp³-hybridized carbons (Fsp3) is 0.500. The van der Waals surface area contributed by atoms with Gasteiger partial charge in [0, 0.05) is 18.2 Å². The number of methoxy groups -OCH3 is 2. The van der Waals surface area contributed by atoms with Crippen molar-refractivity contribution >= 4 is 29.9 Å². The van der Waals surface area contributed by atoms with Crippen LogP contribution < -0.4 is 20.1 Å². The molecule has 0 aromatic heterocycles. The Morgan fingerprint density at radius 1 is 1.28 bits per heavy atom. The Kier molecular flexibility index (Phi) is 9.66. The van der Waals surface area contributed by atoms with Crippen LogP contribution in [0.4, 0.5) is 0 Å². The molecule has 0 amide bonds. The van der Waals surface area contributed by atoms with Crippen molar-refractivity contribution in [2.45, 2.75) is 31.9 Å². The molecular weight excluding hydrogens is 433 g/mol. The number of halogens is 1. The number of rotatable bonds is 7. The predicted octanol–water partition coefficient (Wildman–Crippen LogP) is 2.63. The lowest BCUT2D eigenvalue weighted by atomic mass is 10.1. The van der Waals surface area contributed by atoms with E-state index in [1.807, 2.05) is 6.92 Å². The highest BCUT2D eigenvalue weighted by Gasteiger charge is 2.16. The molecule has 140 valence electrons. The lowest BCUT2D eigenvalue weighted by molar-refractivity contribution is 0.182. The third-order valence-corrected chi connectivity index (χ3v) is 3.91. The van der Waals surface area contributed by atoms with Crippen LogP contribution in [-0.2, 0) is 0 Å². The van der Waals surface area contributed by atoms with Crippen LogP contribution in [0.3, 0.4) is 0 Å². The van der Waals surface area contributed by atoms with E-state index in [1.54, 1.807) is 32.4 Å². The normalized spacial score (nSPS) is 15.4. The van der Waals surface area contributed by atoms with Crippen molar-refractivity contribution in [1.29, 1.82) is 0 Å². The highest BCUT2D eigenvalue weighted by atomic mass is 127. The number of ether oxygens (including phenoxy) is 2. The summed E-state index contributed by atoms with van der Waals surface area (Å²) >= 11 is 0. The molecule has 1 unspecified atom stereocenters. The molecule has 1 aliphatic carbocycles. The van der Waals surface area contributed by atoms with Crippen molar-refractivity contribution in [2.75, 3.05) is 27.3 Å². The summed E-state index contributed by atoms with van der Waals surface area (Å²) < 4.78 is 10.5. The minimum atomic E-state index is -0.771. The van der Waals surface area contributed by atoms with Gasteiger partial charge in [0.25, 0.3) is 0 Å². The number of guanidine groups is 1. The van der Waals surface area contributed by atoms with Crippen LogP contribution in [0.1, 0.15) is 31.4 Å². The quantitative estimate of drug-likeness (QED) is 0.252. The summed E-state index contributed by atoms with van der Waals surface area (Å²) in [4.78, 5) is 4.50. The molecule has 1 aliphatic rings. The number of aliphatic imine (C=N–C) groups is 1. The van der Waals surface area contributed by atoms with E-state index in [1.165, 1.54) is 0 Å². The molecule has 0 spiro atoms. The standard InChI is InChI=1S/C18H27N3O3.HI/c1-4-19-18(21-13-7-5-6-8-13)20-12-16(22)15-11-14(23-2)9-10-17(15)24-3;/h5-6,9-11,13,16,22H,4,7-8,12H2,1-3H3,(H2,19,20,21);1H. The van der Waals surface area contributed by atoms with E-state index < -0.39 is 6.10 Å². The summed E-state index contributed by atoms with van der Waals surface area (Å²) in [6.07, 6.45) is 5.55. The minimum absolute atomic E-state index is 0. The van der Waals surface area contributed by atoms with Crippen molar-refractivity contribution in [3.05, 3.63) is 35.9 Å². The molecular formula is C18H28IN3O3. The van der Waals surface area contributed by atoms with Crippen LogP contribution in [-0.4, -0.2) is 44.4 Å². The zero-order chi connectivity index (χ0) is 17.4. The molecule has 0 aliphatic heterocycles. The van der Waals surface area contributed by atoms with Crippen LogP contribution in [0.2, 0.25) is 0 Å². The third-order valence-electron chi connectivity index (χ3n) is 3.91. The second-order valence-corrected chi connectivity index (χ2v) is 5.63. The van der Waals surface area contributed by atoms with E-state index in [2.05, 4.69) is 27.8 Å². The number of benzene rings is 1. The fourth-order valence-electron chi connectivity index (χ4n) is 2.62. The van der Waals surface area contributed by atoms with Gasteiger partial charge in [-0.1, -0.05) is 12.2 Å². The Hall–Kier alpha value is -1.48. The second kappa shape index (κ2) is 11.2. The number of hydrogen-bond donors (Lipinski definition) is 3.